The van der Waals surface area contributed by atoms with Gasteiger partial charge in [-0.2, -0.15) is 0 Å². The Bertz CT molecular complexity index is 585. The first-order valence-electron chi connectivity index (χ1n) is 5.98. The first kappa shape index (κ1) is 11.5. The third kappa shape index (κ3) is 1.75. The number of rotatable bonds is 1. The summed E-state index contributed by atoms with van der Waals surface area (Å²) in [5.41, 5.74) is 4.86. The molecule has 2 aromatic rings. The zero-order valence-electron chi connectivity index (χ0n) is 10.4. The van der Waals surface area contributed by atoms with Crippen molar-refractivity contribution in [3.05, 3.63) is 51.7 Å². The first-order chi connectivity index (χ1) is 8.66. The SMILES string of the molecule is Cc1c(Cl)nnc(N2Cc3ccccc3C2)c1C. The third-order valence-corrected chi connectivity index (χ3v) is 3.94. The first-order valence-corrected chi connectivity index (χ1v) is 6.35. The van der Waals surface area contributed by atoms with Crippen molar-refractivity contribution in [2.24, 2.45) is 0 Å². The van der Waals surface area contributed by atoms with E-state index in [0.29, 0.717) is 5.15 Å². The van der Waals surface area contributed by atoms with E-state index in [1.807, 2.05) is 13.8 Å². The molecule has 1 aliphatic heterocycles. The summed E-state index contributed by atoms with van der Waals surface area (Å²) in [5.74, 6) is 0.938. The Morgan fingerprint density at radius 3 is 2.22 bits per heavy atom. The zero-order chi connectivity index (χ0) is 12.7. The number of nitrogens with zero attached hydrogens (tertiary/aromatic N) is 3. The van der Waals surface area contributed by atoms with Gasteiger partial charge in [0.25, 0.3) is 0 Å². The van der Waals surface area contributed by atoms with Crippen LogP contribution < -0.4 is 4.90 Å². The number of halogens is 1. The van der Waals surface area contributed by atoms with Crippen LogP contribution in [0.3, 0.4) is 0 Å². The maximum atomic E-state index is 5.99. The molecule has 3 rings (SSSR count). The Labute approximate surface area is 111 Å². The highest BCUT2D eigenvalue weighted by molar-refractivity contribution is 6.30. The molecule has 1 aromatic heterocycles. The van der Waals surface area contributed by atoms with Gasteiger partial charge in [-0.3, -0.25) is 0 Å². The molecule has 18 heavy (non-hydrogen) atoms. The molecule has 0 saturated heterocycles. The van der Waals surface area contributed by atoms with Gasteiger partial charge in [-0.1, -0.05) is 35.9 Å². The topological polar surface area (TPSA) is 29.0 Å². The molecule has 1 aromatic carbocycles. The molecule has 0 bridgehead atoms. The molecule has 0 amide bonds. The van der Waals surface area contributed by atoms with Crippen molar-refractivity contribution in [2.75, 3.05) is 4.90 Å². The molecule has 3 nitrogen and oxygen atoms in total. The lowest BCUT2D eigenvalue weighted by Crippen LogP contribution is -2.18. The molecule has 0 radical (unpaired) electrons. The Balaban J connectivity index is 1.98. The highest BCUT2D eigenvalue weighted by atomic mass is 35.5. The average Bonchev–Trinajstić information content (AvgIpc) is 2.79. The van der Waals surface area contributed by atoms with Crippen molar-refractivity contribution in [3.8, 4) is 0 Å². The zero-order valence-corrected chi connectivity index (χ0v) is 11.2. The van der Waals surface area contributed by atoms with E-state index in [1.54, 1.807) is 0 Å². The fourth-order valence-electron chi connectivity index (χ4n) is 2.35. The van der Waals surface area contributed by atoms with E-state index >= 15 is 0 Å². The molecule has 0 aliphatic carbocycles. The van der Waals surface area contributed by atoms with Crippen LogP contribution >= 0.6 is 11.6 Å². The van der Waals surface area contributed by atoms with Crippen LogP contribution in [0.4, 0.5) is 5.82 Å². The smallest absolute Gasteiger partial charge is 0.155 e. The molecule has 2 heterocycles. The van der Waals surface area contributed by atoms with Crippen LogP contribution in [0.5, 0.6) is 0 Å². The van der Waals surface area contributed by atoms with Crippen molar-refractivity contribution >= 4 is 17.4 Å². The maximum absolute atomic E-state index is 5.99. The van der Waals surface area contributed by atoms with E-state index in [0.717, 1.165) is 30.0 Å². The van der Waals surface area contributed by atoms with Gasteiger partial charge in [0, 0.05) is 13.1 Å². The molecule has 1 aliphatic rings. The highest BCUT2D eigenvalue weighted by Gasteiger charge is 2.22. The summed E-state index contributed by atoms with van der Waals surface area (Å²) in [7, 11) is 0. The minimum Gasteiger partial charge on any atom is -0.346 e. The number of benzene rings is 1. The number of anilines is 1. The Morgan fingerprint density at radius 2 is 1.61 bits per heavy atom. The van der Waals surface area contributed by atoms with Gasteiger partial charge in [0.2, 0.25) is 0 Å². The Hall–Kier alpha value is -1.61. The molecule has 0 N–H and O–H groups in total. The average molecular weight is 260 g/mol. The largest absolute Gasteiger partial charge is 0.346 e. The van der Waals surface area contributed by atoms with Crippen molar-refractivity contribution in [2.45, 2.75) is 26.9 Å². The summed E-state index contributed by atoms with van der Waals surface area (Å²) in [5, 5.41) is 8.76. The molecule has 4 heteroatoms. The Morgan fingerprint density at radius 1 is 1.00 bits per heavy atom. The van der Waals surface area contributed by atoms with Gasteiger partial charge in [-0.15, -0.1) is 10.2 Å². The van der Waals surface area contributed by atoms with E-state index in [2.05, 4.69) is 39.4 Å². The van der Waals surface area contributed by atoms with Crippen LogP contribution in [-0.4, -0.2) is 10.2 Å². The van der Waals surface area contributed by atoms with E-state index in [-0.39, 0.29) is 0 Å². The molecule has 0 spiro atoms. The second kappa shape index (κ2) is 4.25. The number of fused-ring (bicyclic) bond motifs is 1. The van der Waals surface area contributed by atoms with Crippen molar-refractivity contribution in [1.29, 1.82) is 0 Å². The molecule has 0 fully saturated rings. The summed E-state index contributed by atoms with van der Waals surface area (Å²) >= 11 is 5.99. The minimum atomic E-state index is 0.493. The second-order valence-electron chi connectivity index (χ2n) is 4.69. The van der Waals surface area contributed by atoms with Gasteiger partial charge in [0.15, 0.2) is 11.0 Å². The summed E-state index contributed by atoms with van der Waals surface area (Å²) in [6.45, 7) is 5.83. The van der Waals surface area contributed by atoms with Crippen molar-refractivity contribution < 1.29 is 0 Å². The van der Waals surface area contributed by atoms with Gasteiger partial charge >= 0.3 is 0 Å². The molecular formula is C14H14ClN3. The fraction of sp³-hybridized carbons (Fsp3) is 0.286. The van der Waals surface area contributed by atoms with Crippen molar-refractivity contribution in [1.82, 2.24) is 10.2 Å². The van der Waals surface area contributed by atoms with E-state index < -0.39 is 0 Å². The number of aromatic nitrogens is 2. The predicted octanol–water partition coefficient (Wildman–Crippen LogP) is 3.27. The van der Waals surface area contributed by atoms with Crippen LogP contribution in [0.2, 0.25) is 5.15 Å². The summed E-state index contributed by atoms with van der Waals surface area (Å²) in [6.07, 6.45) is 0. The molecule has 92 valence electrons. The molecular weight excluding hydrogens is 246 g/mol. The van der Waals surface area contributed by atoms with Gasteiger partial charge in [0.05, 0.1) is 0 Å². The van der Waals surface area contributed by atoms with Crippen LogP contribution in [0.1, 0.15) is 22.3 Å². The van der Waals surface area contributed by atoms with Gasteiger partial charge in [0.1, 0.15) is 0 Å². The standard InChI is InChI=1S/C14H14ClN3/c1-9-10(2)14(17-16-13(9)15)18-7-11-5-3-4-6-12(11)8-18/h3-6H,7-8H2,1-2H3. The van der Waals surface area contributed by atoms with Crippen LogP contribution in [0.25, 0.3) is 0 Å². The van der Waals surface area contributed by atoms with Crippen LogP contribution in [0, 0.1) is 13.8 Å². The Kier molecular flexibility index (Phi) is 2.71. The number of hydrogen-bond acceptors (Lipinski definition) is 3. The molecule has 0 unspecified atom stereocenters. The monoisotopic (exact) mass is 259 g/mol. The lowest BCUT2D eigenvalue weighted by molar-refractivity contribution is 0.820. The van der Waals surface area contributed by atoms with Crippen molar-refractivity contribution in [3.63, 3.8) is 0 Å². The summed E-state index contributed by atoms with van der Waals surface area (Å²) in [4.78, 5) is 2.25. The molecule has 0 atom stereocenters. The molecule has 0 saturated carbocycles. The lowest BCUT2D eigenvalue weighted by Gasteiger charge is -2.19. The third-order valence-electron chi connectivity index (χ3n) is 3.58. The van der Waals surface area contributed by atoms with Gasteiger partial charge in [-0.25, -0.2) is 0 Å². The minimum absolute atomic E-state index is 0.493. The fourth-order valence-corrected chi connectivity index (χ4v) is 2.53. The van der Waals surface area contributed by atoms with E-state index in [4.69, 9.17) is 11.6 Å². The second-order valence-corrected chi connectivity index (χ2v) is 5.05. The number of hydrogen-bond donors (Lipinski definition) is 0. The van der Waals surface area contributed by atoms with Gasteiger partial charge in [-0.05, 0) is 36.1 Å². The highest BCUT2D eigenvalue weighted by Crippen LogP contribution is 2.30. The summed E-state index contributed by atoms with van der Waals surface area (Å²) < 4.78 is 0. The van der Waals surface area contributed by atoms with E-state index in [9.17, 15) is 0 Å². The lowest BCUT2D eigenvalue weighted by atomic mass is 10.1. The summed E-state index contributed by atoms with van der Waals surface area (Å²) in [6, 6.07) is 8.49. The quantitative estimate of drug-likeness (QED) is 0.787. The van der Waals surface area contributed by atoms with Crippen LogP contribution in [0.15, 0.2) is 24.3 Å². The van der Waals surface area contributed by atoms with Crippen LogP contribution in [-0.2, 0) is 13.1 Å². The normalized spacial score (nSPS) is 13.8. The maximum Gasteiger partial charge on any atom is 0.155 e. The predicted molar refractivity (Wildman–Crippen MR) is 72.8 cm³/mol. The van der Waals surface area contributed by atoms with Gasteiger partial charge < -0.3 is 4.90 Å². The van der Waals surface area contributed by atoms with E-state index in [1.165, 1.54) is 11.1 Å².